The maximum atomic E-state index is 13.2. The van der Waals surface area contributed by atoms with Crippen molar-refractivity contribution in [1.29, 1.82) is 0 Å². The Hall–Kier alpha value is -3.12. The molecule has 0 aliphatic carbocycles. The number of nitrogens with zero attached hydrogens (tertiary/aromatic N) is 2. The number of carbonyl (C=O) groups excluding carboxylic acids is 1. The second-order valence-electron chi connectivity index (χ2n) is 6.26. The van der Waals surface area contributed by atoms with Crippen molar-refractivity contribution in [2.24, 2.45) is 0 Å². The van der Waals surface area contributed by atoms with Crippen LogP contribution in [0.15, 0.2) is 95.9 Å². The number of carbonyl (C=O) groups is 1. The van der Waals surface area contributed by atoms with Gasteiger partial charge in [0, 0.05) is 5.69 Å². The number of urea groups is 1. The minimum Gasteiger partial charge on any atom is -0.284 e. The Morgan fingerprint density at radius 2 is 1.26 bits per heavy atom. The lowest BCUT2D eigenvalue weighted by Gasteiger charge is -2.23. The molecule has 136 valence electrons. The van der Waals surface area contributed by atoms with E-state index in [9.17, 15) is 13.2 Å². The van der Waals surface area contributed by atoms with E-state index in [2.05, 4.69) is 0 Å². The van der Waals surface area contributed by atoms with Gasteiger partial charge in [0.2, 0.25) is 0 Å². The smallest absolute Gasteiger partial charge is 0.284 e. The molecular formula is C21H18N2O3S. The second kappa shape index (κ2) is 6.89. The van der Waals surface area contributed by atoms with E-state index in [1.54, 1.807) is 23.1 Å². The fraction of sp³-hybridized carbons (Fsp3) is 0.0952. The molecule has 1 saturated heterocycles. The minimum atomic E-state index is -3.93. The van der Waals surface area contributed by atoms with Crippen molar-refractivity contribution >= 4 is 21.7 Å². The van der Waals surface area contributed by atoms with Gasteiger partial charge < -0.3 is 0 Å². The quantitative estimate of drug-likeness (QED) is 0.688. The maximum Gasteiger partial charge on any atom is 0.339 e. The first kappa shape index (κ1) is 17.3. The van der Waals surface area contributed by atoms with Crippen LogP contribution < -0.4 is 4.90 Å². The van der Waals surface area contributed by atoms with E-state index in [0.29, 0.717) is 5.69 Å². The van der Waals surface area contributed by atoms with Gasteiger partial charge in [0.05, 0.1) is 17.5 Å². The van der Waals surface area contributed by atoms with Crippen LogP contribution in [0.2, 0.25) is 0 Å². The van der Waals surface area contributed by atoms with Crippen molar-refractivity contribution in [3.8, 4) is 0 Å². The van der Waals surface area contributed by atoms with E-state index in [1.807, 2.05) is 60.7 Å². The third-order valence-corrected chi connectivity index (χ3v) is 6.37. The molecule has 0 radical (unpaired) electrons. The first-order valence-corrected chi connectivity index (χ1v) is 10.0. The van der Waals surface area contributed by atoms with Crippen LogP contribution in [0.3, 0.4) is 0 Å². The molecule has 6 heteroatoms. The van der Waals surface area contributed by atoms with E-state index < -0.39 is 16.1 Å². The average molecular weight is 378 g/mol. The zero-order chi connectivity index (χ0) is 18.9. The van der Waals surface area contributed by atoms with Gasteiger partial charge in [-0.15, -0.1) is 0 Å². The molecule has 5 nitrogen and oxygen atoms in total. The number of hydrogen-bond acceptors (Lipinski definition) is 3. The van der Waals surface area contributed by atoms with Gasteiger partial charge in [-0.3, -0.25) is 4.90 Å². The average Bonchev–Trinajstić information content (AvgIpc) is 3.08. The molecule has 1 heterocycles. The molecular weight excluding hydrogens is 360 g/mol. The first-order valence-electron chi connectivity index (χ1n) is 8.60. The number of para-hydroxylation sites is 1. The number of rotatable bonds is 4. The molecule has 3 aromatic carbocycles. The van der Waals surface area contributed by atoms with Crippen molar-refractivity contribution in [2.45, 2.75) is 10.9 Å². The van der Waals surface area contributed by atoms with Crippen molar-refractivity contribution < 1.29 is 13.2 Å². The third kappa shape index (κ3) is 3.08. The fourth-order valence-corrected chi connectivity index (χ4v) is 4.69. The van der Waals surface area contributed by atoms with Crippen LogP contribution in [0.1, 0.15) is 11.6 Å². The Balaban J connectivity index is 1.79. The van der Waals surface area contributed by atoms with Gasteiger partial charge in [0.25, 0.3) is 10.0 Å². The zero-order valence-corrected chi connectivity index (χ0v) is 15.3. The van der Waals surface area contributed by atoms with Crippen LogP contribution in [-0.2, 0) is 10.0 Å². The summed E-state index contributed by atoms with van der Waals surface area (Å²) in [6, 6.07) is 25.8. The van der Waals surface area contributed by atoms with E-state index in [0.717, 1.165) is 9.87 Å². The predicted molar refractivity (Wildman–Crippen MR) is 104 cm³/mol. The second-order valence-corrected chi connectivity index (χ2v) is 8.13. The van der Waals surface area contributed by atoms with Gasteiger partial charge in [0.15, 0.2) is 0 Å². The minimum absolute atomic E-state index is 0.0645. The Labute approximate surface area is 158 Å². The summed E-state index contributed by atoms with van der Waals surface area (Å²) in [5, 5.41) is 0. The summed E-state index contributed by atoms with van der Waals surface area (Å²) in [6.45, 7) is 0.0645. The molecule has 1 unspecified atom stereocenters. The number of hydrogen-bond donors (Lipinski definition) is 0. The molecule has 3 aromatic rings. The summed E-state index contributed by atoms with van der Waals surface area (Å²) < 4.78 is 27.1. The van der Waals surface area contributed by atoms with Gasteiger partial charge in [-0.05, 0) is 29.8 Å². The summed E-state index contributed by atoms with van der Waals surface area (Å²) in [5.41, 5.74) is 1.56. The molecule has 1 aliphatic heterocycles. The van der Waals surface area contributed by atoms with Crippen LogP contribution >= 0.6 is 0 Å². The number of amides is 2. The molecule has 1 atom stereocenters. The molecule has 0 aromatic heterocycles. The summed E-state index contributed by atoms with van der Waals surface area (Å²) in [6.07, 6.45) is 0. The number of sulfonamides is 1. The predicted octanol–water partition coefficient (Wildman–Crippen LogP) is 4.06. The van der Waals surface area contributed by atoms with Crippen molar-refractivity contribution in [2.75, 3.05) is 11.4 Å². The van der Waals surface area contributed by atoms with Gasteiger partial charge in [-0.25, -0.2) is 17.5 Å². The topological polar surface area (TPSA) is 57.7 Å². The standard InChI is InChI=1S/C21H18N2O3S/c24-21-22(27(25,26)19-14-8-3-9-15-19)16-20(17-10-4-1-5-11-17)23(21)18-12-6-2-7-13-18/h1-15,20H,16H2. The lowest BCUT2D eigenvalue weighted by atomic mass is 10.1. The molecule has 2 amide bonds. The Morgan fingerprint density at radius 3 is 1.85 bits per heavy atom. The molecule has 27 heavy (non-hydrogen) atoms. The highest BCUT2D eigenvalue weighted by Crippen LogP contribution is 2.36. The van der Waals surface area contributed by atoms with E-state index in [-0.39, 0.29) is 17.5 Å². The SMILES string of the molecule is O=C1N(c2ccccc2)C(c2ccccc2)CN1S(=O)(=O)c1ccccc1. The molecule has 0 N–H and O–H groups in total. The Morgan fingerprint density at radius 1 is 0.741 bits per heavy atom. The van der Waals surface area contributed by atoms with E-state index in [4.69, 9.17) is 0 Å². The first-order chi connectivity index (χ1) is 13.1. The lowest BCUT2D eigenvalue weighted by Crippen LogP contribution is -2.36. The van der Waals surface area contributed by atoms with Crippen LogP contribution in [0.5, 0.6) is 0 Å². The van der Waals surface area contributed by atoms with Crippen LogP contribution in [-0.4, -0.2) is 25.3 Å². The molecule has 0 spiro atoms. The summed E-state index contributed by atoms with van der Waals surface area (Å²) in [5.74, 6) is 0. The number of benzene rings is 3. The van der Waals surface area contributed by atoms with Gasteiger partial charge in [-0.1, -0.05) is 66.7 Å². The van der Waals surface area contributed by atoms with Crippen molar-refractivity contribution in [1.82, 2.24) is 4.31 Å². The third-order valence-electron chi connectivity index (χ3n) is 4.62. The highest BCUT2D eigenvalue weighted by molar-refractivity contribution is 7.89. The van der Waals surface area contributed by atoms with E-state index in [1.165, 1.54) is 12.1 Å². The molecule has 1 aliphatic rings. The van der Waals surface area contributed by atoms with Crippen molar-refractivity contribution in [3.63, 3.8) is 0 Å². The highest BCUT2D eigenvalue weighted by atomic mass is 32.2. The van der Waals surface area contributed by atoms with Gasteiger partial charge in [-0.2, -0.15) is 0 Å². The van der Waals surface area contributed by atoms with Crippen molar-refractivity contribution in [3.05, 3.63) is 96.6 Å². The molecule has 4 rings (SSSR count). The summed E-state index contributed by atoms with van der Waals surface area (Å²) in [7, 11) is -3.93. The number of anilines is 1. The van der Waals surface area contributed by atoms with Crippen LogP contribution in [0.25, 0.3) is 0 Å². The monoisotopic (exact) mass is 378 g/mol. The maximum absolute atomic E-state index is 13.2. The largest absolute Gasteiger partial charge is 0.339 e. The van der Waals surface area contributed by atoms with Crippen LogP contribution in [0, 0.1) is 0 Å². The summed E-state index contributed by atoms with van der Waals surface area (Å²) in [4.78, 5) is 14.8. The molecule has 0 saturated carbocycles. The normalized spacial score (nSPS) is 17.3. The molecule has 1 fully saturated rings. The van der Waals surface area contributed by atoms with Gasteiger partial charge >= 0.3 is 6.03 Å². The zero-order valence-electron chi connectivity index (χ0n) is 14.5. The van der Waals surface area contributed by atoms with Gasteiger partial charge in [0.1, 0.15) is 0 Å². The molecule has 0 bridgehead atoms. The lowest BCUT2D eigenvalue weighted by molar-refractivity contribution is 0.239. The Kier molecular flexibility index (Phi) is 4.41. The highest BCUT2D eigenvalue weighted by Gasteiger charge is 2.45. The Bertz CT molecular complexity index is 1040. The summed E-state index contributed by atoms with van der Waals surface area (Å²) >= 11 is 0. The fourth-order valence-electron chi connectivity index (χ4n) is 3.30. The van der Waals surface area contributed by atoms with E-state index >= 15 is 0 Å². The van der Waals surface area contributed by atoms with Crippen LogP contribution in [0.4, 0.5) is 10.5 Å².